The van der Waals surface area contributed by atoms with Crippen LogP contribution in [-0.4, -0.2) is 29.0 Å². The summed E-state index contributed by atoms with van der Waals surface area (Å²) in [5.74, 6) is 0.653. The van der Waals surface area contributed by atoms with Gasteiger partial charge >= 0.3 is 0 Å². The lowest BCUT2D eigenvalue weighted by molar-refractivity contribution is 0.0712. The van der Waals surface area contributed by atoms with Crippen LogP contribution >= 0.6 is 0 Å². The van der Waals surface area contributed by atoms with E-state index >= 15 is 0 Å². The Balaban J connectivity index is 1.65. The zero-order valence-corrected chi connectivity index (χ0v) is 14.0. The zero-order chi connectivity index (χ0) is 17.1. The summed E-state index contributed by atoms with van der Waals surface area (Å²) < 4.78 is 0. The third-order valence-corrected chi connectivity index (χ3v) is 4.90. The maximum Gasteiger partial charge on any atom is 0.253 e. The summed E-state index contributed by atoms with van der Waals surface area (Å²) in [6.07, 6.45) is 1.91. The van der Waals surface area contributed by atoms with Crippen LogP contribution < -0.4 is 5.73 Å². The first kappa shape index (κ1) is 16.5. The van der Waals surface area contributed by atoms with E-state index in [1.807, 2.05) is 17.9 Å². The molecule has 1 aliphatic heterocycles. The first-order valence-electron chi connectivity index (χ1n) is 8.46. The van der Waals surface area contributed by atoms with Crippen molar-refractivity contribution in [2.45, 2.75) is 32.2 Å². The molecule has 126 valence electrons. The molecular weight excluding hydrogens is 300 g/mol. The number of piperidine rings is 1. The van der Waals surface area contributed by atoms with Crippen molar-refractivity contribution in [1.29, 1.82) is 0 Å². The van der Waals surface area contributed by atoms with Crippen LogP contribution in [0.15, 0.2) is 42.5 Å². The molecular formula is C20H24N2O2. The fraction of sp³-hybridized carbons (Fsp3) is 0.350. The quantitative estimate of drug-likeness (QED) is 0.911. The Bertz CT molecular complexity index is 734. The highest BCUT2D eigenvalue weighted by atomic mass is 16.3. The first-order chi connectivity index (χ1) is 11.6. The Hall–Kier alpha value is -2.33. The van der Waals surface area contributed by atoms with Crippen molar-refractivity contribution in [3.8, 4) is 5.75 Å². The lowest BCUT2D eigenvalue weighted by atomic mass is 9.88. The van der Waals surface area contributed by atoms with E-state index in [-0.39, 0.29) is 11.7 Å². The number of rotatable bonds is 3. The van der Waals surface area contributed by atoms with E-state index in [4.69, 9.17) is 5.73 Å². The molecule has 0 atom stereocenters. The van der Waals surface area contributed by atoms with Crippen molar-refractivity contribution in [2.24, 2.45) is 5.73 Å². The van der Waals surface area contributed by atoms with E-state index in [2.05, 4.69) is 18.2 Å². The number of aryl methyl sites for hydroxylation is 1. The summed E-state index contributed by atoms with van der Waals surface area (Å²) in [4.78, 5) is 14.5. The molecule has 1 heterocycles. The van der Waals surface area contributed by atoms with Gasteiger partial charge in [0, 0.05) is 25.2 Å². The van der Waals surface area contributed by atoms with Crippen LogP contribution in [0, 0.1) is 6.92 Å². The van der Waals surface area contributed by atoms with E-state index in [1.54, 1.807) is 18.2 Å². The smallest absolute Gasteiger partial charge is 0.253 e. The van der Waals surface area contributed by atoms with Crippen LogP contribution in [0.25, 0.3) is 0 Å². The van der Waals surface area contributed by atoms with Gasteiger partial charge in [0.15, 0.2) is 0 Å². The van der Waals surface area contributed by atoms with Gasteiger partial charge in [0.05, 0.1) is 0 Å². The van der Waals surface area contributed by atoms with E-state index in [9.17, 15) is 9.90 Å². The molecule has 2 aromatic carbocycles. The first-order valence-corrected chi connectivity index (χ1v) is 8.46. The number of likely N-dealkylation sites (tertiary alicyclic amines) is 1. The summed E-state index contributed by atoms with van der Waals surface area (Å²) in [6.45, 7) is 3.86. The highest BCUT2D eigenvalue weighted by molar-refractivity contribution is 5.94. The second-order valence-electron chi connectivity index (χ2n) is 6.52. The van der Waals surface area contributed by atoms with Gasteiger partial charge in [-0.25, -0.2) is 0 Å². The predicted octanol–water partition coefficient (Wildman–Crippen LogP) is 3.18. The van der Waals surface area contributed by atoms with Crippen LogP contribution in [0.1, 0.15) is 45.8 Å². The number of carbonyl (C=O) groups excluding carboxylic acids is 1. The minimum atomic E-state index is -0.000501. The van der Waals surface area contributed by atoms with E-state index < -0.39 is 0 Å². The molecule has 2 aromatic rings. The van der Waals surface area contributed by atoms with Gasteiger partial charge in [0.25, 0.3) is 5.91 Å². The number of benzene rings is 2. The average molecular weight is 324 g/mol. The van der Waals surface area contributed by atoms with Gasteiger partial charge in [-0.15, -0.1) is 0 Å². The van der Waals surface area contributed by atoms with Crippen LogP contribution in [0.3, 0.4) is 0 Å². The molecule has 4 heteroatoms. The molecule has 0 aromatic heterocycles. The fourth-order valence-corrected chi connectivity index (χ4v) is 3.31. The third kappa shape index (κ3) is 3.44. The molecule has 0 unspecified atom stereocenters. The molecule has 0 bridgehead atoms. The molecule has 1 fully saturated rings. The molecule has 4 nitrogen and oxygen atoms in total. The molecule has 0 saturated carbocycles. The molecule has 0 spiro atoms. The molecule has 1 aliphatic rings. The number of nitrogens with zero attached hydrogens (tertiary/aromatic N) is 1. The SMILES string of the molecule is Cc1ccc(C(=O)N2CCC(c3cccc(CN)c3)CC2)cc1O. The Morgan fingerprint density at radius 2 is 1.96 bits per heavy atom. The Labute approximate surface area is 142 Å². The number of phenols is 1. The van der Waals surface area contributed by atoms with Gasteiger partial charge in [0.2, 0.25) is 0 Å². The lowest BCUT2D eigenvalue weighted by Gasteiger charge is -2.32. The predicted molar refractivity (Wildman–Crippen MR) is 95.1 cm³/mol. The van der Waals surface area contributed by atoms with Crippen molar-refractivity contribution < 1.29 is 9.90 Å². The van der Waals surface area contributed by atoms with Crippen LogP contribution in [0.5, 0.6) is 5.75 Å². The maximum absolute atomic E-state index is 12.6. The molecule has 24 heavy (non-hydrogen) atoms. The number of nitrogens with two attached hydrogens (primary N) is 1. The molecule has 0 aliphatic carbocycles. The largest absolute Gasteiger partial charge is 0.508 e. The van der Waals surface area contributed by atoms with E-state index in [0.717, 1.165) is 37.1 Å². The van der Waals surface area contributed by atoms with E-state index in [1.165, 1.54) is 5.56 Å². The van der Waals surface area contributed by atoms with Gasteiger partial charge in [-0.3, -0.25) is 4.79 Å². The Morgan fingerprint density at radius 3 is 2.62 bits per heavy atom. The highest BCUT2D eigenvalue weighted by Crippen LogP contribution is 2.29. The standard InChI is InChI=1S/C20H24N2O2/c1-14-5-6-18(12-19(14)23)20(24)22-9-7-16(8-10-22)17-4-2-3-15(11-17)13-21/h2-6,11-12,16,23H,7-10,13,21H2,1H3. The maximum atomic E-state index is 12.6. The van der Waals surface area contributed by atoms with Gasteiger partial charge in [0.1, 0.15) is 5.75 Å². The number of hydrogen-bond acceptors (Lipinski definition) is 3. The Morgan fingerprint density at radius 1 is 1.21 bits per heavy atom. The second kappa shape index (κ2) is 7.05. The number of phenolic OH excluding ortho intramolecular Hbond substituents is 1. The number of carbonyl (C=O) groups is 1. The van der Waals surface area contributed by atoms with Crippen LogP contribution in [0.2, 0.25) is 0 Å². The number of amides is 1. The van der Waals surface area contributed by atoms with Crippen molar-refractivity contribution in [2.75, 3.05) is 13.1 Å². The lowest BCUT2D eigenvalue weighted by Crippen LogP contribution is -2.37. The van der Waals surface area contributed by atoms with Gasteiger partial charge in [-0.05, 0) is 54.5 Å². The topological polar surface area (TPSA) is 66.6 Å². The summed E-state index contributed by atoms with van der Waals surface area (Å²) in [5, 5.41) is 9.81. The third-order valence-electron chi connectivity index (χ3n) is 4.90. The summed E-state index contributed by atoms with van der Waals surface area (Å²) in [7, 11) is 0. The van der Waals surface area contributed by atoms with Crippen LogP contribution in [0.4, 0.5) is 0 Å². The van der Waals surface area contributed by atoms with Crippen LogP contribution in [-0.2, 0) is 6.54 Å². The van der Waals surface area contributed by atoms with Crippen molar-refractivity contribution in [1.82, 2.24) is 4.90 Å². The van der Waals surface area contributed by atoms with E-state index in [0.29, 0.717) is 18.0 Å². The second-order valence-corrected chi connectivity index (χ2v) is 6.52. The monoisotopic (exact) mass is 324 g/mol. The molecule has 0 radical (unpaired) electrons. The summed E-state index contributed by atoms with van der Waals surface area (Å²) in [5.41, 5.74) is 9.53. The molecule has 1 saturated heterocycles. The fourth-order valence-electron chi connectivity index (χ4n) is 3.31. The van der Waals surface area contributed by atoms with Crippen molar-refractivity contribution >= 4 is 5.91 Å². The van der Waals surface area contributed by atoms with Gasteiger partial charge in [-0.1, -0.05) is 30.3 Å². The zero-order valence-electron chi connectivity index (χ0n) is 14.0. The molecule has 3 rings (SSSR count). The van der Waals surface area contributed by atoms with Gasteiger partial charge in [-0.2, -0.15) is 0 Å². The molecule has 1 amide bonds. The summed E-state index contributed by atoms with van der Waals surface area (Å²) >= 11 is 0. The minimum absolute atomic E-state index is 0.000501. The number of aromatic hydroxyl groups is 1. The highest BCUT2D eigenvalue weighted by Gasteiger charge is 2.25. The average Bonchev–Trinajstić information content (AvgIpc) is 2.63. The summed E-state index contributed by atoms with van der Waals surface area (Å²) in [6, 6.07) is 13.6. The minimum Gasteiger partial charge on any atom is -0.508 e. The molecule has 3 N–H and O–H groups in total. The van der Waals surface area contributed by atoms with Crippen molar-refractivity contribution in [3.05, 3.63) is 64.7 Å². The normalized spacial score (nSPS) is 15.5. The van der Waals surface area contributed by atoms with Gasteiger partial charge < -0.3 is 15.7 Å². The van der Waals surface area contributed by atoms with Crippen molar-refractivity contribution in [3.63, 3.8) is 0 Å². The Kier molecular flexibility index (Phi) is 4.86. The number of hydrogen-bond donors (Lipinski definition) is 2.